The van der Waals surface area contributed by atoms with Crippen LogP contribution in [0.15, 0.2) is 59.5 Å². The largest absolute Gasteiger partial charge is 0.465 e. The Hall–Kier alpha value is -4.08. The van der Waals surface area contributed by atoms with Crippen LogP contribution in [0.1, 0.15) is 16.8 Å². The van der Waals surface area contributed by atoms with E-state index in [0.29, 0.717) is 36.3 Å². The molecule has 3 heterocycles. The second-order valence-electron chi connectivity index (χ2n) is 8.21. The van der Waals surface area contributed by atoms with Crippen LogP contribution in [0.5, 0.6) is 0 Å². The summed E-state index contributed by atoms with van der Waals surface area (Å²) in [4.78, 5) is 25.6. The van der Waals surface area contributed by atoms with E-state index < -0.39 is 23.4 Å². The number of carboxylic acid groups (broad SMARTS) is 1. The number of amides is 1. The SMILES string of the molecule is Cn1c2c(c3ccc(-n4ncc(-c5ccc(C(F)(F)F)cc5)cc4=O)cc31)CN(C(=O)O)CC2. The summed E-state index contributed by atoms with van der Waals surface area (Å²) >= 11 is 0. The molecule has 1 aliphatic heterocycles. The van der Waals surface area contributed by atoms with E-state index in [1.165, 1.54) is 34.0 Å². The predicted molar refractivity (Wildman–Crippen MR) is 119 cm³/mol. The fourth-order valence-corrected chi connectivity index (χ4v) is 4.47. The van der Waals surface area contributed by atoms with E-state index >= 15 is 0 Å². The van der Waals surface area contributed by atoms with Crippen LogP contribution in [-0.2, 0) is 26.2 Å². The highest BCUT2D eigenvalue weighted by molar-refractivity contribution is 5.88. The summed E-state index contributed by atoms with van der Waals surface area (Å²) in [5.41, 5.74) is 3.09. The molecule has 2 aromatic carbocycles. The summed E-state index contributed by atoms with van der Waals surface area (Å²) in [6, 6.07) is 11.3. The monoisotopic (exact) mass is 468 g/mol. The van der Waals surface area contributed by atoms with E-state index in [0.717, 1.165) is 34.3 Å². The molecule has 10 heteroatoms. The van der Waals surface area contributed by atoms with E-state index in [2.05, 4.69) is 5.10 Å². The first-order chi connectivity index (χ1) is 16.1. The summed E-state index contributed by atoms with van der Waals surface area (Å²) in [6.45, 7) is 0.729. The Bertz CT molecular complexity index is 1490. The highest BCUT2D eigenvalue weighted by Gasteiger charge is 2.30. The van der Waals surface area contributed by atoms with Crippen molar-refractivity contribution < 1.29 is 23.1 Å². The number of fused-ring (bicyclic) bond motifs is 3. The van der Waals surface area contributed by atoms with Crippen molar-refractivity contribution >= 4 is 17.0 Å². The Morgan fingerprint density at radius 1 is 1.06 bits per heavy atom. The maximum Gasteiger partial charge on any atom is 0.416 e. The minimum atomic E-state index is -4.43. The number of halogens is 3. The number of nitrogens with zero attached hydrogens (tertiary/aromatic N) is 4. The van der Waals surface area contributed by atoms with Crippen molar-refractivity contribution in [3.05, 3.63) is 81.9 Å². The average Bonchev–Trinajstić information content (AvgIpc) is 3.09. The van der Waals surface area contributed by atoms with Crippen molar-refractivity contribution in [3.8, 4) is 16.8 Å². The number of rotatable bonds is 2. The molecule has 2 aromatic heterocycles. The first-order valence-corrected chi connectivity index (χ1v) is 10.5. The van der Waals surface area contributed by atoms with Gasteiger partial charge in [0.2, 0.25) is 0 Å². The lowest BCUT2D eigenvalue weighted by molar-refractivity contribution is -0.137. The number of hydrogen-bond donors (Lipinski definition) is 1. The molecule has 1 N–H and O–H groups in total. The minimum Gasteiger partial charge on any atom is -0.465 e. The van der Waals surface area contributed by atoms with Crippen LogP contribution in [0.4, 0.5) is 18.0 Å². The molecule has 1 aliphatic rings. The molecule has 34 heavy (non-hydrogen) atoms. The van der Waals surface area contributed by atoms with Crippen LogP contribution in [0.2, 0.25) is 0 Å². The molecule has 0 radical (unpaired) electrons. The molecule has 0 spiro atoms. The van der Waals surface area contributed by atoms with Gasteiger partial charge in [0.05, 0.1) is 29.5 Å². The van der Waals surface area contributed by atoms with E-state index in [4.69, 9.17) is 0 Å². The third-order valence-corrected chi connectivity index (χ3v) is 6.25. The van der Waals surface area contributed by atoms with Crippen LogP contribution in [0.25, 0.3) is 27.7 Å². The smallest absolute Gasteiger partial charge is 0.416 e. The van der Waals surface area contributed by atoms with E-state index in [-0.39, 0.29) is 0 Å². The molecule has 1 amide bonds. The summed E-state index contributed by atoms with van der Waals surface area (Å²) in [7, 11) is 1.91. The van der Waals surface area contributed by atoms with Crippen LogP contribution in [0.3, 0.4) is 0 Å². The Morgan fingerprint density at radius 3 is 2.44 bits per heavy atom. The first-order valence-electron chi connectivity index (χ1n) is 10.5. The van der Waals surface area contributed by atoms with E-state index in [1.807, 2.05) is 23.7 Å². The molecule has 0 unspecified atom stereocenters. The van der Waals surface area contributed by atoms with Crippen LogP contribution < -0.4 is 5.56 Å². The molecular formula is C24H19F3N4O3. The maximum absolute atomic E-state index is 12.8. The Labute approximate surface area is 191 Å². The number of carbonyl (C=O) groups is 1. The van der Waals surface area contributed by atoms with Crippen molar-refractivity contribution in [3.63, 3.8) is 0 Å². The van der Waals surface area contributed by atoms with Gasteiger partial charge in [-0.25, -0.2) is 4.79 Å². The van der Waals surface area contributed by atoms with Gasteiger partial charge in [-0.2, -0.15) is 23.0 Å². The second-order valence-corrected chi connectivity index (χ2v) is 8.21. The highest BCUT2D eigenvalue weighted by Crippen LogP contribution is 2.32. The maximum atomic E-state index is 12.8. The van der Waals surface area contributed by atoms with Gasteiger partial charge in [0.1, 0.15) is 0 Å². The van der Waals surface area contributed by atoms with Gasteiger partial charge in [-0.05, 0) is 29.8 Å². The molecule has 0 saturated carbocycles. The molecular weight excluding hydrogens is 449 g/mol. The number of aryl methyl sites for hydroxylation is 1. The fourth-order valence-electron chi connectivity index (χ4n) is 4.47. The molecule has 0 bridgehead atoms. The Kier molecular flexibility index (Phi) is 4.96. The van der Waals surface area contributed by atoms with Gasteiger partial charge in [-0.3, -0.25) is 4.79 Å². The Morgan fingerprint density at radius 2 is 1.79 bits per heavy atom. The third kappa shape index (κ3) is 3.60. The van der Waals surface area contributed by atoms with Gasteiger partial charge in [0, 0.05) is 48.3 Å². The molecule has 0 aliphatic carbocycles. The summed E-state index contributed by atoms with van der Waals surface area (Å²) in [6.07, 6.45) is -3.35. The molecule has 0 atom stereocenters. The van der Waals surface area contributed by atoms with Gasteiger partial charge in [-0.15, -0.1) is 0 Å². The van der Waals surface area contributed by atoms with Gasteiger partial charge in [0.25, 0.3) is 5.56 Å². The average molecular weight is 468 g/mol. The molecule has 174 valence electrons. The standard InChI is InChI=1S/C24H19F3N4O3/c1-29-20-8-9-30(23(33)34)13-19(20)18-7-6-17(11-21(18)29)31-22(32)10-15(12-28-31)14-2-4-16(5-3-14)24(25,26)27/h2-7,10-12H,8-9,13H2,1H3,(H,33,34). The third-order valence-electron chi connectivity index (χ3n) is 6.25. The zero-order valence-electron chi connectivity index (χ0n) is 18.0. The van der Waals surface area contributed by atoms with Gasteiger partial charge in [0.15, 0.2) is 0 Å². The van der Waals surface area contributed by atoms with Crippen LogP contribution in [-0.4, -0.2) is 37.0 Å². The minimum absolute atomic E-state index is 0.307. The van der Waals surface area contributed by atoms with Gasteiger partial charge in [-0.1, -0.05) is 18.2 Å². The van der Waals surface area contributed by atoms with Crippen molar-refractivity contribution in [1.82, 2.24) is 19.2 Å². The second kappa shape index (κ2) is 7.75. The molecule has 4 aromatic rings. The first kappa shape index (κ1) is 21.7. The zero-order chi connectivity index (χ0) is 24.2. The lowest BCUT2D eigenvalue weighted by Gasteiger charge is -2.25. The zero-order valence-corrected chi connectivity index (χ0v) is 18.0. The summed E-state index contributed by atoms with van der Waals surface area (Å²) in [5, 5.41) is 14.5. The molecule has 7 nitrogen and oxygen atoms in total. The quantitative estimate of drug-likeness (QED) is 0.472. The van der Waals surface area contributed by atoms with E-state index in [9.17, 15) is 27.9 Å². The van der Waals surface area contributed by atoms with Gasteiger partial charge >= 0.3 is 12.3 Å². The number of hydrogen-bond acceptors (Lipinski definition) is 3. The number of aromatic nitrogens is 3. The molecule has 0 fully saturated rings. The van der Waals surface area contributed by atoms with Crippen LogP contribution in [0, 0.1) is 0 Å². The topological polar surface area (TPSA) is 80.4 Å². The lowest BCUT2D eigenvalue weighted by Crippen LogP contribution is -2.34. The summed E-state index contributed by atoms with van der Waals surface area (Å²) < 4.78 is 41.6. The predicted octanol–water partition coefficient (Wildman–Crippen LogP) is 4.45. The summed E-state index contributed by atoms with van der Waals surface area (Å²) in [5.74, 6) is 0. The molecule has 5 rings (SSSR count). The lowest BCUT2D eigenvalue weighted by atomic mass is 10.0. The fraction of sp³-hybridized carbons (Fsp3) is 0.208. The van der Waals surface area contributed by atoms with Crippen molar-refractivity contribution in [2.75, 3.05) is 6.54 Å². The number of alkyl halides is 3. The van der Waals surface area contributed by atoms with Crippen LogP contribution >= 0.6 is 0 Å². The highest BCUT2D eigenvalue weighted by atomic mass is 19.4. The van der Waals surface area contributed by atoms with Gasteiger partial charge < -0.3 is 14.6 Å². The van der Waals surface area contributed by atoms with Crippen molar-refractivity contribution in [2.24, 2.45) is 7.05 Å². The normalized spacial score (nSPS) is 13.8. The van der Waals surface area contributed by atoms with Crippen molar-refractivity contribution in [1.29, 1.82) is 0 Å². The molecule has 0 saturated heterocycles. The van der Waals surface area contributed by atoms with E-state index in [1.54, 1.807) is 6.07 Å². The van der Waals surface area contributed by atoms with Crippen molar-refractivity contribution in [2.45, 2.75) is 19.1 Å². The number of benzene rings is 2. The Balaban J connectivity index is 1.50.